The van der Waals surface area contributed by atoms with Gasteiger partial charge in [0.05, 0.1) is 11.1 Å². The molecule has 0 N–H and O–H groups in total. The van der Waals surface area contributed by atoms with Gasteiger partial charge in [-0.25, -0.2) is 0 Å². The van der Waals surface area contributed by atoms with Gasteiger partial charge in [-0.2, -0.15) is 0 Å². The fourth-order valence-electron chi connectivity index (χ4n) is 1.43. The van der Waals surface area contributed by atoms with Gasteiger partial charge >= 0.3 is 0 Å². The zero-order valence-corrected chi connectivity index (χ0v) is 10.3. The highest BCUT2D eigenvalue weighted by atomic mass is 79.9. The topological polar surface area (TPSA) is 9.23 Å². The Hall–Kier alpha value is -0.210. The average molecular weight is 276 g/mol. The summed E-state index contributed by atoms with van der Waals surface area (Å²) in [6.07, 6.45) is 2.91. The van der Waals surface area contributed by atoms with E-state index in [0.717, 1.165) is 16.1 Å². The first kappa shape index (κ1) is 10.3. The monoisotopic (exact) mass is 274 g/mol. The largest absolute Gasteiger partial charge is 0.490 e. The molecule has 1 atom stereocenters. The molecule has 0 bridgehead atoms. The van der Waals surface area contributed by atoms with Crippen LogP contribution in [0.3, 0.4) is 0 Å². The second-order valence-corrected chi connectivity index (χ2v) is 5.00. The lowest BCUT2D eigenvalue weighted by atomic mass is 10.2. The molecule has 0 spiro atoms. The second-order valence-electron chi connectivity index (χ2n) is 3.74. The fraction of sp³-hybridized carbons (Fsp3) is 0.455. The Balaban J connectivity index is 2.04. The minimum absolute atomic E-state index is 0.312. The van der Waals surface area contributed by atoms with Crippen LogP contribution in [0, 0.1) is 5.92 Å². The molecule has 0 aliphatic heterocycles. The van der Waals surface area contributed by atoms with Crippen molar-refractivity contribution in [2.45, 2.75) is 25.9 Å². The van der Waals surface area contributed by atoms with Gasteiger partial charge < -0.3 is 4.74 Å². The van der Waals surface area contributed by atoms with Gasteiger partial charge in [0, 0.05) is 4.47 Å². The number of halogens is 2. The van der Waals surface area contributed by atoms with E-state index in [1.807, 2.05) is 18.2 Å². The molecule has 0 saturated heterocycles. The summed E-state index contributed by atoms with van der Waals surface area (Å²) < 4.78 is 6.68. The molecule has 1 fully saturated rings. The average Bonchev–Trinajstić information content (AvgIpc) is 2.94. The Bertz CT molecular complexity index is 336. The zero-order valence-electron chi connectivity index (χ0n) is 7.97. The van der Waals surface area contributed by atoms with Crippen LogP contribution in [-0.4, -0.2) is 6.10 Å². The van der Waals surface area contributed by atoms with Gasteiger partial charge in [0.2, 0.25) is 0 Å². The summed E-state index contributed by atoms with van der Waals surface area (Å²) in [6.45, 7) is 2.12. The van der Waals surface area contributed by atoms with Crippen LogP contribution in [0.2, 0.25) is 5.02 Å². The lowest BCUT2D eigenvalue weighted by Crippen LogP contribution is -2.13. The van der Waals surface area contributed by atoms with Gasteiger partial charge in [-0.1, -0.05) is 11.6 Å². The van der Waals surface area contributed by atoms with Gasteiger partial charge in [-0.15, -0.1) is 0 Å². The Labute approximate surface area is 97.5 Å². The van der Waals surface area contributed by atoms with E-state index in [-0.39, 0.29) is 0 Å². The molecule has 1 unspecified atom stereocenters. The van der Waals surface area contributed by atoms with Gasteiger partial charge in [0.15, 0.2) is 0 Å². The van der Waals surface area contributed by atoms with Crippen LogP contribution in [-0.2, 0) is 0 Å². The zero-order chi connectivity index (χ0) is 10.1. The van der Waals surface area contributed by atoms with E-state index in [4.69, 9.17) is 16.3 Å². The minimum atomic E-state index is 0.312. The maximum Gasteiger partial charge on any atom is 0.121 e. The summed E-state index contributed by atoms with van der Waals surface area (Å²) in [5, 5.41) is 0.700. The standard InChI is InChI=1S/C11H12BrClO/c1-7(8-2-3-8)14-9-4-5-10(12)11(13)6-9/h4-8H,2-3H2,1H3. The molecule has 0 aromatic heterocycles. The number of ether oxygens (including phenoxy) is 1. The Morgan fingerprint density at radius 1 is 1.50 bits per heavy atom. The molecular weight excluding hydrogens is 263 g/mol. The van der Waals surface area contributed by atoms with E-state index >= 15 is 0 Å². The Morgan fingerprint density at radius 3 is 2.79 bits per heavy atom. The molecular formula is C11H12BrClO. The maximum atomic E-state index is 5.97. The maximum absolute atomic E-state index is 5.97. The van der Waals surface area contributed by atoms with E-state index in [9.17, 15) is 0 Å². The van der Waals surface area contributed by atoms with Crippen molar-refractivity contribution in [2.24, 2.45) is 5.92 Å². The first-order valence-electron chi connectivity index (χ1n) is 4.78. The molecule has 1 aromatic rings. The van der Waals surface area contributed by atoms with Crippen molar-refractivity contribution in [3.05, 3.63) is 27.7 Å². The van der Waals surface area contributed by atoms with Crippen LogP contribution < -0.4 is 4.74 Å². The lowest BCUT2D eigenvalue weighted by molar-refractivity contribution is 0.198. The van der Waals surface area contributed by atoms with Crippen molar-refractivity contribution in [1.29, 1.82) is 0 Å². The smallest absolute Gasteiger partial charge is 0.121 e. The molecule has 1 aromatic carbocycles. The van der Waals surface area contributed by atoms with Crippen LogP contribution in [0.25, 0.3) is 0 Å². The summed E-state index contributed by atoms with van der Waals surface area (Å²) in [5.41, 5.74) is 0. The summed E-state index contributed by atoms with van der Waals surface area (Å²) >= 11 is 9.31. The van der Waals surface area contributed by atoms with Gasteiger partial charge in [-0.3, -0.25) is 0 Å². The first-order chi connectivity index (χ1) is 6.66. The van der Waals surface area contributed by atoms with E-state index in [2.05, 4.69) is 22.9 Å². The third-order valence-corrected chi connectivity index (χ3v) is 3.73. The van der Waals surface area contributed by atoms with Crippen LogP contribution in [0.4, 0.5) is 0 Å². The molecule has 0 amide bonds. The molecule has 1 nitrogen and oxygen atoms in total. The van der Waals surface area contributed by atoms with E-state index in [0.29, 0.717) is 11.1 Å². The predicted molar refractivity (Wildman–Crippen MR) is 62.0 cm³/mol. The van der Waals surface area contributed by atoms with Crippen molar-refractivity contribution >= 4 is 27.5 Å². The first-order valence-corrected chi connectivity index (χ1v) is 5.95. The highest BCUT2D eigenvalue weighted by Gasteiger charge is 2.29. The quantitative estimate of drug-likeness (QED) is 0.800. The molecule has 1 saturated carbocycles. The van der Waals surface area contributed by atoms with Crippen molar-refractivity contribution in [3.63, 3.8) is 0 Å². The molecule has 3 heteroatoms. The van der Waals surface area contributed by atoms with Crippen molar-refractivity contribution < 1.29 is 4.74 Å². The van der Waals surface area contributed by atoms with Crippen LogP contribution in [0.15, 0.2) is 22.7 Å². The molecule has 0 heterocycles. The molecule has 1 aliphatic carbocycles. The number of hydrogen-bond acceptors (Lipinski definition) is 1. The molecule has 0 radical (unpaired) electrons. The normalized spacial score (nSPS) is 17.9. The van der Waals surface area contributed by atoms with E-state index < -0.39 is 0 Å². The summed E-state index contributed by atoms with van der Waals surface area (Å²) in [6, 6.07) is 5.71. The number of rotatable bonds is 3. The highest BCUT2D eigenvalue weighted by Crippen LogP contribution is 2.35. The minimum Gasteiger partial charge on any atom is -0.490 e. The third-order valence-electron chi connectivity index (χ3n) is 2.50. The van der Waals surface area contributed by atoms with Crippen LogP contribution in [0.5, 0.6) is 5.75 Å². The van der Waals surface area contributed by atoms with Gasteiger partial charge in [-0.05, 0) is 59.8 Å². The third kappa shape index (κ3) is 2.43. The lowest BCUT2D eigenvalue weighted by Gasteiger charge is -2.14. The Morgan fingerprint density at radius 2 is 2.21 bits per heavy atom. The second kappa shape index (κ2) is 4.11. The molecule has 76 valence electrons. The van der Waals surface area contributed by atoms with Crippen LogP contribution in [0.1, 0.15) is 19.8 Å². The predicted octanol–water partition coefficient (Wildman–Crippen LogP) is 4.28. The molecule has 14 heavy (non-hydrogen) atoms. The van der Waals surface area contributed by atoms with Crippen molar-refractivity contribution in [1.82, 2.24) is 0 Å². The molecule has 1 aliphatic rings. The van der Waals surface area contributed by atoms with Gasteiger partial charge in [0.1, 0.15) is 5.75 Å². The number of hydrogen-bond donors (Lipinski definition) is 0. The summed E-state index contributed by atoms with van der Waals surface area (Å²) in [4.78, 5) is 0. The SMILES string of the molecule is CC(Oc1ccc(Br)c(Cl)c1)C1CC1. The summed E-state index contributed by atoms with van der Waals surface area (Å²) in [7, 11) is 0. The fourth-order valence-corrected chi connectivity index (χ4v) is 1.84. The van der Waals surface area contributed by atoms with E-state index in [1.165, 1.54) is 12.8 Å². The van der Waals surface area contributed by atoms with Crippen molar-refractivity contribution in [3.8, 4) is 5.75 Å². The van der Waals surface area contributed by atoms with E-state index in [1.54, 1.807) is 0 Å². The molecule has 2 rings (SSSR count). The van der Waals surface area contributed by atoms with Crippen molar-refractivity contribution in [2.75, 3.05) is 0 Å². The van der Waals surface area contributed by atoms with Gasteiger partial charge in [0.25, 0.3) is 0 Å². The highest BCUT2D eigenvalue weighted by molar-refractivity contribution is 9.10. The Kier molecular flexibility index (Phi) is 3.03. The summed E-state index contributed by atoms with van der Waals surface area (Å²) in [5.74, 6) is 1.61. The number of benzene rings is 1. The van der Waals surface area contributed by atoms with Crippen LogP contribution >= 0.6 is 27.5 Å².